The molecule has 1 heterocycles. The maximum atomic E-state index is 11.6. The van der Waals surface area contributed by atoms with Crippen LogP contribution in [0.3, 0.4) is 0 Å². The Morgan fingerprint density at radius 1 is 1.25 bits per heavy atom. The molecule has 0 atom stereocenters. The molecule has 0 radical (unpaired) electrons. The Morgan fingerprint density at radius 2 is 1.81 bits per heavy atom. The van der Waals surface area contributed by atoms with Crippen molar-refractivity contribution >= 4 is 15.9 Å². The van der Waals surface area contributed by atoms with E-state index in [9.17, 15) is 13.2 Å². The van der Waals surface area contributed by atoms with Gasteiger partial charge in [0.15, 0.2) is 0 Å². The molecule has 0 N–H and O–H groups in total. The molecular formula is C9H18N2O4S. The molecule has 6 nitrogen and oxygen atoms in total. The molecule has 0 unspecified atom stereocenters. The van der Waals surface area contributed by atoms with Gasteiger partial charge in [0, 0.05) is 33.3 Å². The van der Waals surface area contributed by atoms with Crippen LogP contribution in [0, 0.1) is 0 Å². The van der Waals surface area contributed by atoms with Gasteiger partial charge in [-0.1, -0.05) is 0 Å². The molecular weight excluding hydrogens is 232 g/mol. The summed E-state index contributed by atoms with van der Waals surface area (Å²) in [5.41, 5.74) is 0. The van der Waals surface area contributed by atoms with E-state index in [1.54, 1.807) is 11.8 Å². The van der Waals surface area contributed by atoms with Crippen molar-refractivity contribution in [3.63, 3.8) is 0 Å². The van der Waals surface area contributed by atoms with Gasteiger partial charge in [0.25, 0.3) is 0 Å². The largest absolute Gasteiger partial charge is 0.375 e. The molecule has 1 aliphatic heterocycles. The molecule has 0 aromatic carbocycles. The summed E-state index contributed by atoms with van der Waals surface area (Å²) in [6, 6.07) is 0. The van der Waals surface area contributed by atoms with Crippen molar-refractivity contribution in [2.75, 3.05) is 45.6 Å². The lowest BCUT2D eigenvalue weighted by Crippen LogP contribution is -2.51. The van der Waals surface area contributed by atoms with Gasteiger partial charge in [0.05, 0.1) is 5.75 Å². The van der Waals surface area contributed by atoms with Crippen LogP contribution in [0.1, 0.15) is 6.92 Å². The molecule has 0 aliphatic carbocycles. The van der Waals surface area contributed by atoms with Gasteiger partial charge >= 0.3 is 0 Å². The summed E-state index contributed by atoms with van der Waals surface area (Å²) in [6.45, 7) is 3.33. The van der Waals surface area contributed by atoms with E-state index in [1.165, 1.54) is 11.4 Å². The minimum Gasteiger partial charge on any atom is -0.375 e. The van der Waals surface area contributed by atoms with Crippen molar-refractivity contribution < 1.29 is 17.9 Å². The van der Waals surface area contributed by atoms with E-state index >= 15 is 0 Å². The third kappa shape index (κ3) is 3.16. The van der Waals surface area contributed by atoms with Crippen molar-refractivity contribution in [2.45, 2.75) is 6.92 Å². The molecule has 1 rings (SSSR count). The van der Waals surface area contributed by atoms with E-state index in [4.69, 9.17) is 4.74 Å². The van der Waals surface area contributed by atoms with Crippen molar-refractivity contribution in [1.82, 2.24) is 9.21 Å². The predicted molar refractivity (Wildman–Crippen MR) is 59.5 cm³/mol. The third-order valence-electron chi connectivity index (χ3n) is 2.62. The number of piperazine rings is 1. The van der Waals surface area contributed by atoms with Crippen LogP contribution in [0.4, 0.5) is 0 Å². The van der Waals surface area contributed by atoms with Gasteiger partial charge in [-0.25, -0.2) is 8.42 Å². The first-order valence-corrected chi connectivity index (χ1v) is 6.86. The number of hydrogen-bond donors (Lipinski definition) is 0. The Hall–Kier alpha value is -0.660. The van der Waals surface area contributed by atoms with Crippen molar-refractivity contribution in [3.05, 3.63) is 0 Å². The molecule has 1 aliphatic rings. The maximum absolute atomic E-state index is 11.6. The van der Waals surface area contributed by atoms with Crippen molar-refractivity contribution in [2.24, 2.45) is 0 Å². The number of methoxy groups -OCH3 is 1. The quantitative estimate of drug-likeness (QED) is 0.650. The first-order chi connectivity index (χ1) is 7.51. The fourth-order valence-corrected chi connectivity index (χ4v) is 2.70. The van der Waals surface area contributed by atoms with E-state index in [0.29, 0.717) is 26.2 Å². The van der Waals surface area contributed by atoms with Crippen LogP contribution in [0.5, 0.6) is 0 Å². The van der Waals surface area contributed by atoms with Crippen molar-refractivity contribution in [1.29, 1.82) is 0 Å². The highest BCUT2D eigenvalue weighted by Crippen LogP contribution is 2.08. The van der Waals surface area contributed by atoms with Crippen LogP contribution >= 0.6 is 0 Å². The normalized spacial score (nSPS) is 18.8. The van der Waals surface area contributed by atoms with E-state index in [0.717, 1.165) is 0 Å². The van der Waals surface area contributed by atoms with Gasteiger partial charge in [-0.2, -0.15) is 4.31 Å². The number of carbonyl (C=O) groups is 1. The van der Waals surface area contributed by atoms with Gasteiger partial charge in [-0.3, -0.25) is 4.79 Å². The summed E-state index contributed by atoms with van der Waals surface area (Å²) in [5.74, 6) is 0.0231. The molecule has 0 aromatic rings. The lowest BCUT2D eigenvalue weighted by Gasteiger charge is -2.33. The van der Waals surface area contributed by atoms with E-state index < -0.39 is 10.0 Å². The molecule has 7 heteroatoms. The van der Waals surface area contributed by atoms with Crippen LogP contribution in [-0.2, 0) is 19.6 Å². The zero-order chi connectivity index (χ0) is 12.2. The molecule has 1 amide bonds. The number of ether oxygens (including phenoxy) is 1. The van der Waals surface area contributed by atoms with E-state index in [2.05, 4.69) is 0 Å². The number of carbonyl (C=O) groups excluding carboxylic acids is 1. The van der Waals surface area contributed by atoms with E-state index in [1.807, 2.05) is 0 Å². The first kappa shape index (κ1) is 13.4. The molecule has 94 valence electrons. The highest BCUT2D eigenvalue weighted by Gasteiger charge is 2.27. The summed E-state index contributed by atoms with van der Waals surface area (Å²) >= 11 is 0. The zero-order valence-electron chi connectivity index (χ0n) is 9.68. The summed E-state index contributed by atoms with van der Waals surface area (Å²) in [6.07, 6.45) is 0. The van der Waals surface area contributed by atoms with Gasteiger partial charge in [0.1, 0.15) is 6.61 Å². The standard InChI is InChI=1S/C9H18N2O4S/c1-3-16(13,14)11-6-4-10(5-7-11)9(12)8-15-2/h3-8H2,1-2H3. The van der Waals surface area contributed by atoms with Gasteiger partial charge in [0.2, 0.25) is 15.9 Å². The molecule has 0 aromatic heterocycles. The van der Waals surface area contributed by atoms with Crippen molar-refractivity contribution in [3.8, 4) is 0 Å². The predicted octanol–water partition coefficient (Wildman–Crippen LogP) is -0.873. The summed E-state index contributed by atoms with van der Waals surface area (Å²) in [7, 11) is -1.65. The number of sulfonamides is 1. The van der Waals surface area contributed by atoms with Crippen LogP contribution in [0.25, 0.3) is 0 Å². The SMILES string of the molecule is CCS(=O)(=O)N1CCN(C(=O)COC)CC1. The fourth-order valence-electron chi connectivity index (χ4n) is 1.61. The molecule has 0 spiro atoms. The first-order valence-electron chi connectivity index (χ1n) is 5.25. The highest BCUT2D eigenvalue weighted by molar-refractivity contribution is 7.89. The molecule has 0 bridgehead atoms. The monoisotopic (exact) mass is 250 g/mol. The molecule has 16 heavy (non-hydrogen) atoms. The average molecular weight is 250 g/mol. The van der Waals surface area contributed by atoms with Gasteiger partial charge in [-0.15, -0.1) is 0 Å². The minimum atomic E-state index is -3.12. The number of hydrogen-bond acceptors (Lipinski definition) is 4. The fraction of sp³-hybridized carbons (Fsp3) is 0.889. The summed E-state index contributed by atoms with van der Waals surface area (Å²) in [4.78, 5) is 13.1. The van der Waals surface area contributed by atoms with Crippen LogP contribution in [0.2, 0.25) is 0 Å². The second kappa shape index (κ2) is 5.60. The van der Waals surface area contributed by atoms with Crippen LogP contribution < -0.4 is 0 Å². The lowest BCUT2D eigenvalue weighted by molar-refractivity contribution is -0.136. The highest BCUT2D eigenvalue weighted by atomic mass is 32.2. The zero-order valence-corrected chi connectivity index (χ0v) is 10.5. The van der Waals surface area contributed by atoms with Crippen LogP contribution in [0.15, 0.2) is 0 Å². The summed E-state index contributed by atoms with van der Waals surface area (Å²) in [5, 5.41) is 0. The Kier molecular flexibility index (Phi) is 4.69. The number of nitrogens with zero attached hydrogens (tertiary/aromatic N) is 2. The summed E-state index contributed by atoms with van der Waals surface area (Å²) < 4.78 is 29.3. The Bertz CT molecular complexity index is 333. The Balaban J connectivity index is 2.49. The minimum absolute atomic E-state index is 0.0561. The van der Waals surface area contributed by atoms with Gasteiger partial charge < -0.3 is 9.64 Å². The average Bonchev–Trinajstić information content (AvgIpc) is 2.29. The topological polar surface area (TPSA) is 66.9 Å². The Labute approximate surface area is 96.2 Å². The molecule has 0 saturated carbocycles. The second-order valence-corrected chi connectivity index (χ2v) is 5.87. The maximum Gasteiger partial charge on any atom is 0.248 e. The lowest BCUT2D eigenvalue weighted by atomic mass is 10.3. The number of amides is 1. The smallest absolute Gasteiger partial charge is 0.248 e. The second-order valence-electron chi connectivity index (χ2n) is 3.61. The van der Waals surface area contributed by atoms with E-state index in [-0.39, 0.29) is 18.3 Å². The third-order valence-corrected chi connectivity index (χ3v) is 4.50. The van der Waals surface area contributed by atoms with Gasteiger partial charge in [-0.05, 0) is 6.92 Å². The number of rotatable bonds is 4. The Morgan fingerprint density at radius 3 is 2.25 bits per heavy atom. The molecule has 1 fully saturated rings. The molecule has 1 saturated heterocycles. The van der Waals surface area contributed by atoms with Crippen LogP contribution in [-0.4, -0.2) is 69.2 Å².